The molecule has 0 aliphatic carbocycles. The fourth-order valence-corrected chi connectivity index (χ4v) is 1.91. The molecule has 0 atom stereocenters. The van der Waals surface area contributed by atoms with Crippen molar-refractivity contribution >= 4 is 23.3 Å². The molecule has 0 spiro atoms. The summed E-state index contributed by atoms with van der Waals surface area (Å²) in [6.07, 6.45) is 1.20. The van der Waals surface area contributed by atoms with Crippen molar-refractivity contribution in [3.63, 3.8) is 0 Å². The summed E-state index contributed by atoms with van der Waals surface area (Å²) in [5, 5.41) is 14.1. The van der Waals surface area contributed by atoms with E-state index < -0.39 is 22.5 Å². The zero-order chi connectivity index (χ0) is 15.6. The maximum absolute atomic E-state index is 13.7. The number of hydrazine groups is 1. The average Bonchev–Trinajstić information content (AvgIpc) is 2.81. The lowest BCUT2D eigenvalue weighted by Crippen LogP contribution is -2.30. The minimum Gasteiger partial charge on any atom is -0.358 e. The molecule has 0 radical (unpaired) electrons. The zero-order valence-corrected chi connectivity index (χ0v) is 11.2. The number of carbonyl (C=O) groups is 1. The molecule has 0 aliphatic heterocycles. The Labute approximate surface area is 122 Å². The van der Waals surface area contributed by atoms with Crippen LogP contribution in [0.3, 0.4) is 0 Å². The van der Waals surface area contributed by atoms with Gasteiger partial charge in [-0.2, -0.15) is 4.68 Å². The smallest absolute Gasteiger partial charge is 0.358 e. The molecule has 0 saturated carbocycles. The highest BCUT2D eigenvalue weighted by molar-refractivity contribution is 6.32. The maximum Gasteiger partial charge on any atom is 0.408 e. The molecule has 1 aromatic carbocycles. The Morgan fingerprint density at radius 3 is 2.86 bits per heavy atom. The van der Waals surface area contributed by atoms with Gasteiger partial charge in [-0.15, -0.1) is 0 Å². The van der Waals surface area contributed by atoms with Crippen molar-refractivity contribution in [3.05, 3.63) is 56.5 Å². The van der Waals surface area contributed by atoms with E-state index >= 15 is 0 Å². The fraction of sp³-hybridized carbons (Fsp3) is 0.0909. The number of nitrogens with two attached hydrogens (primary N) is 1. The van der Waals surface area contributed by atoms with Gasteiger partial charge >= 0.3 is 5.82 Å². The van der Waals surface area contributed by atoms with Gasteiger partial charge in [-0.25, -0.2) is 10.2 Å². The van der Waals surface area contributed by atoms with Crippen molar-refractivity contribution in [2.45, 2.75) is 6.54 Å². The summed E-state index contributed by atoms with van der Waals surface area (Å²) in [5.41, 5.74) is 2.20. The number of benzene rings is 1. The number of halogens is 2. The summed E-state index contributed by atoms with van der Waals surface area (Å²) in [7, 11) is 0. The molecule has 110 valence electrons. The lowest BCUT2D eigenvalue weighted by atomic mass is 10.1. The Balaban J connectivity index is 2.32. The second-order valence-electron chi connectivity index (χ2n) is 4.03. The van der Waals surface area contributed by atoms with Crippen molar-refractivity contribution in [2.75, 3.05) is 0 Å². The number of carbonyl (C=O) groups excluding carboxylic acids is 1. The van der Waals surface area contributed by atoms with Gasteiger partial charge in [0.2, 0.25) is 0 Å². The molecule has 0 bridgehead atoms. The topological polar surface area (TPSA) is 116 Å². The van der Waals surface area contributed by atoms with Crippen molar-refractivity contribution in [1.82, 2.24) is 15.2 Å². The van der Waals surface area contributed by atoms with E-state index in [-0.39, 0.29) is 22.7 Å². The van der Waals surface area contributed by atoms with Crippen molar-refractivity contribution in [3.8, 4) is 0 Å². The largest absolute Gasteiger partial charge is 0.408 e. The first-order valence-electron chi connectivity index (χ1n) is 5.59. The Morgan fingerprint density at radius 2 is 2.29 bits per heavy atom. The lowest BCUT2D eigenvalue weighted by molar-refractivity contribution is -0.389. The van der Waals surface area contributed by atoms with Gasteiger partial charge in [0.05, 0.1) is 17.8 Å². The highest BCUT2D eigenvalue weighted by Gasteiger charge is 2.20. The number of rotatable bonds is 4. The molecule has 10 heteroatoms. The third kappa shape index (κ3) is 3.15. The fourth-order valence-electron chi connectivity index (χ4n) is 1.69. The molecule has 0 saturated heterocycles. The van der Waals surface area contributed by atoms with Crippen LogP contribution in [0.1, 0.15) is 15.9 Å². The second kappa shape index (κ2) is 5.85. The molecule has 2 aromatic rings. The van der Waals surface area contributed by atoms with Gasteiger partial charge in [0.25, 0.3) is 5.91 Å². The molecule has 0 fully saturated rings. The normalized spacial score (nSPS) is 10.4. The molecule has 1 aromatic heterocycles. The highest BCUT2D eigenvalue weighted by Crippen LogP contribution is 2.22. The Hall–Kier alpha value is -2.52. The number of nitrogens with one attached hydrogen (secondary N) is 1. The van der Waals surface area contributed by atoms with Crippen LogP contribution in [0, 0.1) is 15.9 Å². The summed E-state index contributed by atoms with van der Waals surface area (Å²) < 4.78 is 14.8. The van der Waals surface area contributed by atoms with Gasteiger partial charge in [0, 0.05) is 11.1 Å². The monoisotopic (exact) mass is 313 g/mol. The number of nitrogens with zero attached hydrogens (tertiary/aromatic N) is 3. The van der Waals surface area contributed by atoms with E-state index in [0.29, 0.717) is 0 Å². The Bertz CT molecular complexity index is 718. The first-order chi connectivity index (χ1) is 9.92. The predicted octanol–water partition coefficient (Wildman–Crippen LogP) is 1.24. The van der Waals surface area contributed by atoms with Gasteiger partial charge in [-0.3, -0.25) is 10.2 Å². The number of aromatic nitrogens is 2. The van der Waals surface area contributed by atoms with Crippen LogP contribution < -0.4 is 11.3 Å². The zero-order valence-electron chi connectivity index (χ0n) is 10.4. The number of hydrogen-bond acceptors (Lipinski definition) is 5. The second-order valence-corrected chi connectivity index (χ2v) is 4.44. The van der Waals surface area contributed by atoms with E-state index in [1.165, 1.54) is 18.3 Å². The molecule has 1 heterocycles. The molecular formula is C11H9ClFN5O3. The number of amides is 1. The summed E-state index contributed by atoms with van der Waals surface area (Å²) in [6.45, 7) is -0.120. The van der Waals surface area contributed by atoms with Crippen LogP contribution in [0.25, 0.3) is 0 Å². The van der Waals surface area contributed by atoms with Crippen LogP contribution in [0.4, 0.5) is 10.2 Å². The Morgan fingerprint density at radius 1 is 1.57 bits per heavy atom. The molecule has 2 rings (SSSR count). The quantitative estimate of drug-likeness (QED) is 0.381. The molecule has 0 aliphatic rings. The molecule has 21 heavy (non-hydrogen) atoms. The summed E-state index contributed by atoms with van der Waals surface area (Å²) in [6, 6.07) is 3.64. The maximum atomic E-state index is 13.7. The molecule has 0 unspecified atom stereocenters. The van der Waals surface area contributed by atoms with E-state index in [2.05, 4.69) is 5.10 Å². The first kappa shape index (κ1) is 14.9. The van der Waals surface area contributed by atoms with E-state index in [9.17, 15) is 19.3 Å². The highest BCUT2D eigenvalue weighted by atomic mass is 35.5. The van der Waals surface area contributed by atoms with Crippen LogP contribution in [0.15, 0.2) is 24.4 Å². The van der Waals surface area contributed by atoms with Crippen LogP contribution in [0.5, 0.6) is 0 Å². The van der Waals surface area contributed by atoms with Crippen LogP contribution >= 0.6 is 11.6 Å². The van der Waals surface area contributed by atoms with Gasteiger partial charge in [0.1, 0.15) is 5.82 Å². The van der Waals surface area contributed by atoms with Crippen LogP contribution in [-0.2, 0) is 6.54 Å². The molecular weight excluding hydrogens is 305 g/mol. The van der Waals surface area contributed by atoms with Gasteiger partial charge < -0.3 is 10.1 Å². The molecule has 3 N–H and O–H groups in total. The SMILES string of the molecule is NNC(=O)c1ccc(F)c(Cn2cc(Cl)c([N+](=O)[O-])n2)c1. The number of nitro groups is 1. The van der Waals surface area contributed by atoms with E-state index in [1.807, 2.05) is 5.43 Å². The average molecular weight is 314 g/mol. The summed E-state index contributed by atoms with van der Waals surface area (Å²) in [5.74, 6) is 3.31. The van der Waals surface area contributed by atoms with Crippen molar-refractivity contribution in [2.24, 2.45) is 5.84 Å². The third-order valence-electron chi connectivity index (χ3n) is 2.64. The van der Waals surface area contributed by atoms with Gasteiger partial charge in [-0.05, 0) is 23.1 Å². The van der Waals surface area contributed by atoms with Crippen molar-refractivity contribution in [1.29, 1.82) is 0 Å². The molecule has 8 nitrogen and oxygen atoms in total. The number of hydrogen-bond donors (Lipinski definition) is 2. The van der Waals surface area contributed by atoms with E-state index in [0.717, 1.165) is 10.7 Å². The van der Waals surface area contributed by atoms with Crippen molar-refractivity contribution < 1.29 is 14.1 Å². The number of nitrogen functional groups attached to an aromatic ring is 1. The molecule has 1 amide bonds. The van der Waals surface area contributed by atoms with Crippen LogP contribution in [-0.4, -0.2) is 20.6 Å². The minimum absolute atomic E-state index is 0.116. The van der Waals surface area contributed by atoms with E-state index in [4.69, 9.17) is 17.4 Å². The Kier molecular flexibility index (Phi) is 4.15. The lowest BCUT2D eigenvalue weighted by Gasteiger charge is -2.04. The first-order valence-corrected chi connectivity index (χ1v) is 5.97. The van der Waals surface area contributed by atoms with E-state index in [1.54, 1.807) is 0 Å². The third-order valence-corrected chi connectivity index (χ3v) is 2.91. The minimum atomic E-state index is -0.743. The van der Waals surface area contributed by atoms with Crippen LogP contribution in [0.2, 0.25) is 5.02 Å². The van der Waals surface area contributed by atoms with Gasteiger partial charge in [0.15, 0.2) is 5.02 Å². The summed E-state index contributed by atoms with van der Waals surface area (Å²) >= 11 is 5.65. The van der Waals surface area contributed by atoms with Gasteiger partial charge in [-0.1, -0.05) is 11.6 Å². The predicted molar refractivity (Wildman–Crippen MR) is 71.0 cm³/mol. The standard InChI is InChI=1S/C11H9ClFN5O3/c12-8-5-17(16-10(8)18(20)21)4-7-3-6(11(19)15-14)1-2-9(7)13/h1-3,5H,4,14H2,(H,15,19). The summed E-state index contributed by atoms with van der Waals surface area (Å²) in [4.78, 5) is 21.3.